The molecule has 1 N–H and O–H groups in total. The Balaban J connectivity index is 0. The number of ether oxygens (including phenoxy) is 2. The maximum absolute atomic E-state index is 10.5. The minimum Gasteiger partial charge on any atom is -0.466 e. The first-order valence-electron chi connectivity index (χ1n) is 4.49. The Bertz CT molecular complexity index is 220. The fraction of sp³-hybridized carbons (Fsp3) is 0.600. The second-order valence-corrected chi connectivity index (χ2v) is 2.71. The van der Waals surface area contributed by atoms with Crippen LogP contribution in [0.4, 0.5) is 0 Å². The van der Waals surface area contributed by atoms with Crippen molar-refractivity contribution in [3.8, 4) is 0 Å². The van der Waals surface area contributed by atoms with Crippen molar-refractivity contribution in [2.24, 2.45) is 0 Å². The van der Waals surface area contributed by atoms with Gasteiger partial charge in [0, 0.05) is 12.5 Å². The number of carbonyl (C=O) groups is 2. The molecule has 0 heterocycles. The fourth-order valence-electron chi connectivity index (χ4n) is 0.459. The number of rotatable bonds is 3. The van der Waals surface area contributed by atoms with Gasteiger partial charge in [-0.05, 0) is 20.8 Å². The predicted molar refractivity (Wildman–Crippen MR) is 54.9 cm³/mol. The Hall–Kier alpha value is -1.36. The molecule has 5 heteroatoms. The third-order valence-corrected chi connectivity index (χ3v) is 0.974. The molecule has 0 bridgehead atoms. The minimum absolute atomic E-state index is 0.211. The van der Waals surface area contributed by atoms with E-state index in [0.717, 1.165) is 0 Å². The van der Waals surface area contributed by atoms with Crippen LogP contribution in [-0.2, 0) is 19.1 Å². The molecule has 0 rings (SSSR count). The Kier molecular flexibility index (Phi) is 9.87. The molecule has 0 saturated carbocycles. The normalized spacial score (nSPS) is 10.5. The van der Waals surface area contributed by atoms with Crippen LogP contribution in [-0.4, -0.2) is 29.9 Å². The largest absolute Gasteiger partial charge is 0.466 e. The summed E-state index contributed by atoms with van der Waals surface area (Å²) in [6.45, 7) is 9.86. The Morgan fingerprint density at radius 1 is 1.40 bits per heavy atom. The van der Waals surface area contributed by atoms with Crippen LogP contribution < -0.4 is 0 Å². The number of aliphatic hydroxyl groups excluding tert-OH is 1. The summed E-state index contributed by atoms with van der Waals surface area (Å²) in [6.07, 6.45) is -1.05. The number of aliphatic hydroxyl groups is 1. The molecule has 0 aliphatic carbocycles. The predicted octanol–water partition coefficient (Wildman–Crippen LogP) is 1.01. The van der Waals surface area contributed by atoms with Gasteiger partial charge in [-0.1, -0.05) is 6.58 Å². The number of carbonyl (C=O) groups excluding carboxylic acids is 2. The molecule has 0 spiro atoms. The van der Waals surface area contributed by atoms with E-state index in [1.165, 1.54) is 20.8 Å². The summed E-state index contributed by atoms with van der Waals surface area (Å²) in [7, 11) is 0. The van der Waals surface area contributed by atoms with Gasteiger partial charge in [0.25, 0.3) is 0 Å². The van der Waals surface area contributed by atoms with Crippen LogP contribution in [0.5, 0.6) is 0 Å². The topological polar surface area (TPSA) is 72.8 Å². The molecule has 0 aromatic heterocycles. The third-order valence-electron chi connectivity index (χ3n) is 0.974. The molecular weight excluding hydrogens is 200 g/mol. The van der Waals surface area contributed by atoms with E-state index < -0.39 is 12.3 Å². The quantitative estimate of drug-likeness (QED) is 0.435. The van der Waals surface area contributed by atoms with Gasteiger partial charge in [0.05, 0.1) is 6.61 Å². The maximum atomic E-state index is 10.5. The van der Waals surface area contributed by atoms with E-state index in [2.05, 4.69) is 16.1 Å². The van der Waals surface area contributed by atoms with Crippen molar-refractivity contribution in [2.45, 2.75) is 34.0 Å². The van der Waals surface area contributed by atoms with E-state index in [9.17, 15) is 9.59 Å². The van der Waals surface area contributed by atoms with Crippen LogP contribution in [0.15, 0.2) is 12.2 Å². The van der Waals surface area contributed by atoms with Crippen molar-refractivity contribution in [1.82, 2.24) is 0 Å². The van der Waals surface area contributed by atoms with Crippen LogP contribution in [0.1, 0.15) is 27.7 Å². The molecule has 0 aromatic carbocycles. The lowest BCUT2D eigenvalue weighted by atomic mass is 10.4. The van der Waals surface area contributed by atoms with Crippen LogP contribution in [0.2, 0.25) is 0 Å². The summed E-state index contributed by atoms with van der Waals surface area (Å²) in [4.78, 5) is 20.3. The smallest absolute Gasteiger partial charge is 0.335 e. The van der Waals surface area contributed by atoms with E-state index in [1.807, 2.05) is 0 Å². The lowest BCUT2D eigenvalue weighted by Crippen LogP contribution is -2.13. The molecule has 0 amide bonds. The van der Waals surface area contributed by atoms with E-state index in [-0.39, 0.29) is 11.5 Å². The molecule has 1 unspecified atom stereocenters. The standard InChI is InChI=1S/C6H10O3.C4H8O2/c1-4(2)6(8)9-5(3)7;1-3-6-4(2)5/h5,7H,1H2,2-3H3;3H2,1-2H3. The van der Waals surface area contributed by atoms with Gasteiger partial charge in [-0.25, -0.2) is 4.79 Å². The SMILES string of the molecule is C=C(C)C(=O)OC(C)O.CCOC(C)=O. The molecule has 0 fully saturated rings. The molecule has 0 saturated heterocycles. The van der Waals surface area contributed by atoms with Gasteiger partial charge in [-0.15, -0.1) is 0 Å². The first kappa shape index (κ1) is 16.1. The third kappa shape index (κ3) is 15.4. The van der Waals surface area contributed by atoms with E-state index in [4.69, 9.17) is 5.11 Å². The Labute approximate surface area is 89.7 Å². The van der Waals surface area contributed by atoms with Crippen molar-refractivity contribution in [3.63, 3.8) is 0 Å². The molecule has 1 atom stereocenters. The number of esters is 2. The van der Waals surface area contributed by atoms with E-state index in [1.54, 1.807) is 6.92 Å². The summed E-state index contributed by atoms with van der Waals surface area (Å²) >= 11 is 0. The van der Waals surface area contributed by atoms with Gasteiger partial charge in [-0.3, -0.25) is 4.79 Å². The number of hydrogen-bond acceptors (Lipinski definition) is 5. The highest BCUT2D eigenvalue weighted by molar-refractivity contribution is 5.86. The van der Waals surface area contributed by atoms with Crippen molar-refractivity contribution in [3.05, 3.63) is 12.2 Å². The van der Waals surface area contributed by atoms with Gasteiger partial charge < -0.3 is 14.6 Å². The average Bonchev–Trinajstić information content (AvgIpc) is 2.03. The monoisotopic (exact) mass is 218 g/mol. The van der Waals surface area contributed by atoms with Crippen molar-refractivity contribution in [2.75, 3.05) is 6.61 Å². The molecule has 15 heavy (non-hydrogen) atoms. The van der Waals surface area contributed by atoms with E-state index in [0.29, 0.717) is 6.61 Å². The molecule has 0 radical (unpaired) electrons. The maximum Gasteiger partial charge on any atom is 0.335 e. The zero-order valence-corrected chi connectivity index (χ0v) is 9.57. The summed E-state index contributed by atoms with van der Waals surface area (Å²) < 4.78 is 8.73. The van der Waals surface area contributed by atoms with Crippen molar-refractivity contribution in [1.29, 1.82) is 0 Å². The van der Waals surface area contributed by atoms with E-state index >= 15 is 0 Å². The van der Waals surface area contributed by atoms with Crippen LogP contribution in [0.25, 0.3) is 0 Å². The number of hydrogen-bond donors (Lipinski definition) is 1. The highest BCUT2D eigenvalue weighted by Gasteiger charge is 2.04. The second kappa shape index (κ2) is 9.21. The van der Waals surface area contributed by atoms with Crippen molar-refractivity contribution < 1.29 is 24.2 Å². The molecule has 0 aliphatic heterocycles. The van der Waals surface area contributed by atoms with Gasteiger partial charge in [0.2, 0.25) is 0 Å². The van der Waals surface area contributed by atoms with Crippen molar-refractivity contribution >= 4 is 11.9 Å². The molecule has 0 aromatic rings. The lowest BCUT2D eigenvalue weighted by molar-refractivity contribution is -0.159. The summed E-state index contributed by atoms with van der Waals surface area (Å²) in [6, 6.07) is 0. The fourth-order valence-corrected chi connectivity index (χ4v) is 0.459. The van der Waals surface area contributed by atoms with Crippen LogP contribution in [0, 0.1) is 0 Å². The Morgan fingerprint density at radius 3 is 1.93 bits per heavy atom. The molecule has 5 nitrogen and oxygen atoms in total. The first-order chi connectivity index (χ1) is 6.81. The minimum atomic E-state index is -1.05. The molecule has 0 aliphatic rings. The molecular formula is C10H18O5. The highest BCUT2D eigenvalue weighted by Crippen LogP contribution is 1.94. The van der Waals surface area contributed by atoms with Gasteiger partial charge >= 0.3 is 11.9 Å². The molecule has 88 valence electrons. The average molecular weight is 218 g/mol. The van der Waals surface area contributed by atoms with Gasteiger partial charge in [0.1, 0.15) is 0 Å². The van der Waals surface area contributed by atoms with Crippen LogP contribution >= 0.6 is 0 Å². The lowest BCUT2D eigenvalue weighted by Gasteiger charge is -2.04. The van der Waals surface area contributed by atoms with Gasteiger partial charge in [-0.2, -0.15) is 0 Å². The van der Waals surface area contributed by atoms with Gasteiger partial charge in [0.15, 0.2) is 6.29 Å². The van der Waals surface area contributed by atoms with Crippen LogP contribution in [0.3, 0.4) is 0 Å². The Morgan fingerprint density at radius 2 is 1.87 bits per heavy atom. The zero-order chi connectivity index (χ0) is 12.4. The second-order valence-electron chi connectivity index (χ2n) is 2.71. The highest BCUT2D eigenvalue weighted by atomic mass is 16.6. The summed E-state index contributed by atoms with van der Waals surface area (Å²) in [5.74, 6) is -0.775. The summed E-state index contributed by atoms with van der Waals surface area (Å²) in [5.41, 5.74) is 0.288. The first-order valence-corrected chi connectivity index (χ1v) is 4.49. The summed E-state index contributed by atoms with van der Waals surface area (Å²) in [5, 5.41) is 8.49. The zero-order valence-electron chi connectivity index (χ0n) is 9.57.